The fourth-order valence-corrected chi connectivity index (χ4v) is 4.21. The van der Waals surface area contributed by atoms with E-state index in [2.05, 4.69) is 17.6 Å². The van der Waals surface area contributed by atoms with E-state index >= 15 is 0 Å². The molecule has 1 heterocycles. The lowest BCUT2D eigenvalue weighted by Gasteiger charge is -2.34. The molecule has 2 N–H and O–H groups in total. The number of nitrogens with zero attached hydrogens (tertiary/aromatic N) is 2. The molecular weight excluding hydrogens is 428 g/mol. The first kappa shape index (κ1) is 24.2. The molecular formula is C23H30N4O6. The molecule has 10 heteroatoms. The van der Waals surface area contributed by atoms with Gasteiger partial charge in [0.1, 0.15) is 12.1 Å². The smallest absolute Gasteiger partial charge is 0.326 e. The van der Waals surface area contributed by atoms with Crippen molar-refractivity contribution in [2.45, 2.75) is 44.6 Å². The summed E-state index contributed by atoms with van der Waals surface area (Å²) in [5.74, 6) is -1.46. The predicted molar refractivity (Wildman–Crippen MR) is 119 cm³/mol. The number of carbonyl (C=O) groups excluding carboxylic acids is 5. The second-order valence-corrected chi connectivity index (χ2v) is 8.74. The summed E-state index contributed by atoms with van der Waals surface area (Å²) < 4.78 is 4.95. The zero-order valence-electron chi connectivity index (χ0n) is 19.2. The highest BCUT2D eigenvalue weighted by Crippen LogP contribution is 2.37. The highest BCUT2D eigenvalue weighted by molar-refractivity contribution is 6.08. The standard InChI is InChI=1S/C23H30N4O6/c1-4-15-9-11-23(12-10-15)21(31)27(22(32)25-23)13-19(29)33-14-18(28)24-17-7-5-16(6-8-17)20(30)26(2)3/h5-8,15H,4,9-14H2,1-3H3,(H,24,28)(H,25,32). The number of benzene rings is 1. The molecule has 3 rings (SSSR count). The molecule has 1 aliphatic heterocycles. The van der Waals surface area contributed by atoms with Gasteiger partial charge in [0.2, 0.25) is 0 Å². The van der Waals surface area contributed by atoms with Crippen molar-refractivity contribution < 1.29 is 28.7 Å². The van der Waals surface area contributed by atoms with E-state index in [0.29, 0.717) is 30.0 Å². The van der Waals surface area contributed by atoms with Crippen molar-refractivity contribution >= 4 is 35.4 Å². The number of ether oxygens (including phenoxy) is 1. The van der Waals surface area contributed by atoms with Crippen molar-refractivity contribution in [3.63, 3.8) is 0 Å². The van der Waals surface area contributed by atoms with E-state index in [0.717, 1.165) is 24.2 Å². The Hall–Kier alpha value is -3.43. The molecule has 0 bridgehead atoms. The molecule has 1 aliphatic carbocycles. The Balaban J connectivity index is 1.47. The summed E-state index contributed by atoms with van der Waals surface area (Å²) in [6.07, 6.45) is 3.86. The third-order valence-electron chi connectivity index (χ3n) is 6.26. The fraction of sp³-hybridized carbons (Fsp3) is 0.522. The predicted octanol–water partition coefficient (Wildman–Crippen LogP) is 1.76. The number of rotatable bonds is 7. The Labute approximate surface area is 192 Å². The van der Waals surface area contributed by atoms with E-state index in [4.69, 9.17) is 4.74 Å². The van der Waals surface area contributed by atoms with Gasteiger partial charge in [-0.05, 0) is 55.9 Å². The minimum absolute atomic E-state index is 0.164. The Bertz CT molecular complexity index is 935. The molecule has 1 aromatic rings. The number of nitrogens with one attached hydrogen (secondary N) is 2. The van der Waals surface area contributed by atoms with E-state index in [9.17, 15) is 24.0 Å². The topological polar surface area (TPSA) is 125 Å². The van der Waals surface area contributed by atoms with Gasteiger partial charge in [0, 0.05) is 25.3 Å². The average Bonchev–Trinajstić information content (AvgIpc) is 3.02. The summed E-state index contributed by atoms with van der Waals surface area (Å²) in [5, 5.41) is 5.32. The first-order valence-corrected chi connectivity index (χ1v) is 11.1. The highest BCUT2D eigenvalue weighted by Gasteiger charge is 2.52. The van der Waals surface area contributed by atoms with Gasteiger partial charge in [-0.25, -0.2) is 4.79 Å². The average molecular weight is 459 g/mol. The van der Waals surface area contributed by atoms with Crippen LogP contribution in [-0.2, 0) is 19.1 Å². The summed E-state index contributed by atoms with van der Waals surface area (Å²) in [5.41, 5.74) is -0.0235. The van der Waals surface area contributed by atoms with Crippen LogP contribution in [0.5, 0.6) is 0 Å². The lowest BCUT2D eigenvalue weighted by atomic mass is 9.75. The molecule has 1 spiro atoms. The van der Waals surface area contributed by atoms with Crippen LogP contribution in [0.1, 0.15) is 49.4 Å². The normalized spacial score (nSPS) is 22.2. The number of hydrogen-bond donors (Lipinski definition) is 2. The second kappa shape index (κ2) is 10.0. The zero-order valence-corrected chi connectivity index (χ0v) is 19.2. The van der Waals surface area contributed by atoms with E-state index in [1.54, 1.807) is 38.4 Å². The van der Waals surface area contributed by atoms with Crippen LogP contribution in [0.2, 0.25) is 0 Å². The van der Waals surface area contributed by atoms with Crippen molar-refractivity contribution in [3.05, 3.63) is 29.8 Å². The molecule has 0 unspecified atom stereocenters. The van der Waals surface area contributed by atoms with Gasteiger partial charge in [-0.1, -0.05) is 13.3 Å². The maximum Gasteiger partial charge on any atom is 0.326 e. The number of hydrogen-bond acceptors (Lipinski definition) is 6. The van der Waals surface area contributed by atoms with Crippen molar-refractivity contribution in [2.75, 3.05) is 32.6 Å². The van der Waals surface area contributed by atoms with Crippen LogP contribution in [0.15, 0.2) is 24.3 Å². The third kappa shape index (κ3) is 5.50. The van der Waals surface area contributed by atoms with Crippen LogP contribution in [0, 0.1) is 5.92 Å². The largest absolute Gasteiger partial charge is 0.454 e. The molecule has 1 saturated heterocycles. The molecule has 0 aromatic heterocycles. The number of anilines is 1. The Morgan fingerprint density at radius 1 is 1.15 bits per heavy atom. The summed E-state index contributed by atoms with van der Waals surface area (Å²) in [4.78, 5) is 63.6. The Kier molecular flexibility index (Phi) is 7.35. The van der Waals surface area contributed by atoms with Crippen molar-refractivity contribution in [1.29, 1.82) is 0 Å². The van der Waals surface area contributed by atoms with E-state index in [-0.39, 0.29) is 5.91 Å². The highest BCUT2D eigenvalue weighted by atomic mass is 16.5. The molecule has 10 nitrogen and oxygen atoms in total. The molecule has 2 fully saturated rings. The van der Waals surface area contributed by atoms with Crippen LogP contribution in [0.4, 0.5) is 10.5 Å². The minimum atomic E-state index is -0.930. The van der Waals surface area contributed by atoms with E-state index in [1.807, 2.05) is 0 Å². The van der Waals surface area contributed by atoms with E-state index < -0.39 is 42.5 Å². The van der Waals surface area contributed by atoms with Gasteiger partial charge < -0.3 is 20.3 Å². The number of amides is 5. The number of carbonyl (C=O) groups is 5. The lowest BCUT2D eigenvalue weighted by molar-refractivity contribution is -0.150. The first-order chi connectivity index (χ1) is 15.6. The van der Waals surface area contributed by atoms with Crippen LogP contribution in [0.3, 0.4) is 0 Å². The van der Waals surface area contributed by atoms with Gasteiger partial charge in [-0.15, -0.1) is 0 Å². The quantitative estimate of drug-likeness (QED) is 0.474. The number of esters is 1. The van der Waals surface area contributed by atoms with Gasteiger partial charge in [0.05, 0.1) is 0 Å². The Morgan fingerprint density at radius 2 is 1.79 bits per heavy atom. The summed E-state index contributed by atoms with van der Waals surface area (Å²) in [7, 11) is 3.28. The molecule has 2 aliphatic rings. The van der Waals surface area contributed by atoms with Gasteiger partial charge >= 0.3 is 12.0 Å². The molecule has 33 heavy (non-hydrogen) atoms. The van der Waals surface area contributed by atoms with Crippen molar-refractivity contribution in [1.82, 2.24) is 15.1 Å². The summed E-state index contributed by atoms with van der Waals surface area (Å²) >= 11 is 0. The van der Waals surface area contributed by atoms with Gasteiger partial charge in [-0.2, -0.15) is 0 Å². The van der Waals surface area contributed by atoms with Crippen LogP contribution >= 0.6 is 0 Å². The van der Waals surface area contributed by atoms with Gasteiger partial charge in [0.25, 0.3) is 17.7 Å². The summed E-state index contributed by atoms with van der Waals surface area (Å²) in [6.45, 7) is 1.000. The summed E-state index contributed by atoms with van der Waals surface area (Å²) in [6, 6.07) is 5.67. The molecule has 178 valence electrons. The number of imide groups is 1. The van der Waals surface area contributed by atoms with Crippen molar-refractivity contribution in [3.8, 4) is 0 Å². The van der Waals surface area contributed by atoms with Crippen molar-refractivity contribution in [2.24, 2.45) is 5.92 Å². The molecule has 5 amide bonds. The zero-order chi connectivity index (χ0) is 24.2. The van der Waals surface area contributed by atoms with Gasteiger partial charge in [-0.3, -0.25) is 24.1 Å². The second-order valence-electron chi connectivity index (χ2n) is 8.74. The van der Waals surface area contributed by atoms with Crippen LogP contribution < -0.4 is 10.6 Å². The molecule has 1 saturated carbocycles. The lowest BCUT2D eigenvalue weighted by Crippen LogP contribution is -2.49. The molecule has 1 aromatic carbocycles. The fourth-order valence-electron chi connectivity index (χ4n) is 4.21. The number of urea groups is 1. The molecule has 0 radical (unpaired) electrons. The van der Waals surface area contributed by atoms with Crippen LogP contribution in [-0.4, -0.2) is 72.3 Å². The van der Waals surface area contributed by atoms with E-state index in [1.165, 1.54) is 4.90 Å². The maximum atomic E-state index is 12.8. The first-order valence-electron chi connectivity index (χ1n) is 11.1. The monoisotopic (exact) mass is 458 g/mol. The van der Waals surface area contributed by atoms with Crippen LogP contribution in [0.25, 0.3) is 0 Å². The Morgan fingerprint density at radius 3 is 2.36 bits per heavy atom. The SMILES string of the molecule is CCC1CCC2(CC1)NC(=O)N(CC(=O)OCC(=O)Nc1ccc(C(=O)N(C)C)cc1)C2=O. The third-order valence-corrected chi connectivity index (χ3v) is 6.26. The maximum absolute atomic E-state index is 12.8. The molecule has 0 atom stereocenters. The minimum Gasteiger partial charge on any atom is -0.454 e. The van der Waals surface area contributed by atoms with Gasteiger partial charge in [0.15, 0.2) is 6.61 Å².